The van der Waals surface area contributed by atoms with Crippen LogP contribution in [-0.4, -0.2) is 37.2 Å². The van der Waals surface area contributed by atoms with E-state index >= 15 is 0 Å². The molecule has 1 saturated heterocycles. The summed E-state index contributed by atoms with van der Waals surface area (Å²) >= 11 is 3.48. The number of rotatable bonds is 4. The van der Waals surface area contributed by atoms with E-state index in [2.05, 4.69) is 20.8 Å². The van der Waals surface area contributed by atoms with Crippen LogP contribution in [0.4, 0.5) is 0 Å². The average Bonchev–Trinajstić information content (AvgIpc) is 2.75. The van der Waals surface area contributed by atoms with Gasteiger partial charge in [0.15, 0.2) is 0 Å². The number of hydrogen-bond donors (Lipinski definition) is 1. The van der Waals surface area contributed by atoms with Crippen LogP contribution in [0.1, 0.15) is 18.6 Å². The van der Waals surface area contributed by atoms with Crippen LogP contribution in [0.15, 0.2) is 21.2 Å². The van der Waals surface area contributed by atoms with Gasteiger partial charge in [0, 0.05) is 26.2 Å². The van der Waals surface area contributed by atoms with E-state index in [1.807, 2.05) is 6.07 Å². The van der Waals surface area contributed by atoms with Gasteiger partial charge in [0.2, 0.25) is 0 Å². The second-order valence-corrected chi connectivity index (χ2v) is 5.29. The quantitative estimate of drug-likeness (QED) is 0.924. The third-order valence-corrected chi connectivity index (χ3v) is 4.14. The summed E-state index contributed by atoms with van der Waals surface area (Å²) in [7, 11) is 1.77. The predicted octanol–water partition coefficient (Wildman–Crippen LogP) is 1.98. The van der Waals surface area contributed by atoms with Gasteiger partial charge in [0.05, 0.1) is 23.4 Å². The average molecular weight is 303 g/mol. The lowest BCUT2D eigenvalue weighted by molar-refractivity contribution is 0.00788. The molecule has 1 fully saturated rings. The molecule has 0 bridgehead atoms. The summed E-state index contributed by atoms with van der Waals surface area (Å²) in [5, 5.41) is 0. The second-order valence-electron chi connectivity index (χ2n) is 4.43. The topological polar surface area (TPSA) is 51.6 Å². The molecule has 1 aromatic heterocycles. The molecule has 0 saturated carbocycles. The van der Waals surface area contributed by atoms with E-state index in [0.29, 0.717) is 18.7 Å². The lowest BCUT2D eigenvalue weighted by atomic mass is 9.99. The first-order chi connectivity index (χ1) is 8.24. The van der Waals surface area contributed by atoms with Crippen LogP contribution in [0.5, 0.6) is 0 Å². The molecule has 2 rings (SSSR count). The van der Waals surface area contributed by atoms with Crippen molar-refractivity contribution in [2.24, 2.45) is 5.73 Å². The van der Waals surface area contributed by atoms with Gasteiger partial charge in [-0.05, 0) is 34.8 Å². The molecule has 1 aromatic rings. The van der Waals surface area contributed by atoms with Crippen LogP contribution in [0.25, 0.3) is 0 Å². The maximum Gasteiger partial charge on any atom is 0.131 e. The fourth-order valence-corrected chi connectivity index (χ4v) is 2.68. The third kappa shape index (κ3) is 3.10. The first kappa shape index (κ1) is 13.1. The molecular weight excluding hydrogens is 284 g/mol. The zero-order chi connectivity index (χ0) is 12.3. The van der Waals surface area contributed by atoms with Crippen LogP contribution in [0.3, 0.4) is 0 Å². The highest BCUT2D eigenvalue weighted by atomic mass is 79.9. The minimum absolute atomic E-state index is 0.347. The summed E-state index contributed by atoms with van der Waals surface area (Å²) in [6.45, 7) is 2.48. The van der Waals surface area contributed by atoms with Crippen LogP contribution in [0, 0.1) is 0 Å². The van der Waals surface area contributed by atoms with Crippen LogP contribution >= 0.6 is 15.9 Å². The van der Waals surface area contributed by atoms with Gasteiger partial charge in [0.1, 0.15) is 5.76 Å². The number of methoxy groups -OCH3 is 1. The van der Waals surface area contributed by atoms with Crippen LogP contribution in [-0.2, 0) is 11.3 Å². The molecule has 5 heteroatoms. The van der Waals surface area contributed by atoms with Crippen molar-refractivity contribution in [2.75, 3.05) is 20.2 Å². The lowest BCUT2D eigenvalue weighted by Gasteiger charge is -2.38. The summed E-state index contributed by atoms with van der Waals surface area (Å²) in [6.07, 6.45) is 4.12. The fraction of sp³-hybridized carbons (Fsp3) is 0.667. The summed E-state index contributed by atoms with van der Waals surface area (Å²) in [6, 6.07) is 2.31. The van der Waals surface area contributed by atoms with Gasteiger partial charge in [-0.2, -0.15) is 0 Å². The van der Waals surface area contributed by atoms with Gasteiger partial charge in [-0.3, -0.25) is 4.90 Å². The summed E-state index contributed by atoms with van der Waals surface area (Å²) in [4.78, 5) is 2.37. The van der Waals surface area contributed by atoms with E-state index < -0.39 is 0 Å². The van der Waals surface area contributed by atoms with Crippen LogP contribution < -0.4 is 5.73 Å². The highest BCUT2D eigenvalue weighted by molar-refractivity contribution is 9.10. The van der Waals surface area contributed by atoms with Crippen molar-refractivity contribution in [3.8, 4) is 0 Å². The van der Waals surface area contributed by atoms with Gasteiger partial charge in [0.25, 0.3) is 0 Å². The molecule has 0 spiro atoms. The Morgan fingerprint density at radius 2 is 2.47 bits per heavy atom. The number of halogens is 1. The van der Waals surface area contributed by atoms with Gasteiger partial charge in [-0.25, -0.2) is 0 Å². The molecule has 1 aliphatic rings. The van der Waals surface area contributed by atoms with Gasteiger partial charge in [-0.1, -0.05) is 0 Å². The Morgan fingerprint density at radius 3 is 3.06 bits per heavy atom. The van der Waals surface area contributed by atoms with Gasteiger partial charge < -0.3 is 14.9 Å². The molecule has 1 aliphatic heterocycles. The first-order valence-corrected chi connectivity index (χ1v) is 6.72. The molecule has 0 radical (unpaired) electrons. The number of furan rings is 1. The molecule has 2 heterocycles. The molecule has 2 atom stereocenters. The Balaban J connectivity index is 1.98. The zero-order valence-electron chi connectivity index (χ0n) is 10.1. The van der Waals surface area contributed by atoms with Crippen molar-refractivity contribution in [3.05, 3.63) is 22.6 Å². The van der Waals surface area contributed by atoms with E-state index in [-0.39, 0.29) is 0 Å². The molecule has 4 nitrogen and oxygen atoms in total. The minimum atomic E-state index is 0.347. The van der Waals surface area contributed by atoms with Crippen LogP contribution in [0.2, 0.25) is 0 Å². The number of ether oxygens (including phenoxy) is 1. The zero-order valence-corrected chi connectivity index (χ0v) is 11.6. The van der Waals surface area contributed by atoms with Crippen molar-refractivity contribution in [1.82, 2.24) is 4.90 Å². The number of nitrogens with zero attached hydrogens (tertiary/aromatic N) is 1. The number of likely N-dealkylation sites (tertiary alicyclic amines) is 1. The summed E-state index contributed by atoms with van der Waals surface area (Å²) in [5.41, 5.74) is 5.84. The molecular formula is C12H19BrN2O2. The SMILES string of the molecule is COC1CCN(Cc2occc2Br)C(CN)C1. The second kappa shape index (κ2) is 6.00. The predicted molar refractivity (Wildman–Crippen MR) is 69.7 cm³/mol. The molecule has 2 N–H and O–H groups in total. The molecule has 2 unspecified atom stereocenters. The van der Waals surface area contributed by atoms with Crippen molar-refractivity contribution in [1.29, 1.82) is 0 Å². The highest BCUT2D eigenvalue weighted by Gasteiger charge is 2.28. The number of hydrogen-bond acceptors (Lipinski definition) is 4. The molecule has 96 valence electrons. The Bertz CT molecular complexity index is 356. The Labute approximate surface area is 110 Å². The molecule has 0 amide bonds. The molecule has 17 heavy (non-hydrogen) atoms. The van der Waals surface area contributed by atoms with Crippen molar-refractivity contribution >= 4 is 15.9 Å². The smallest absolute Gasteiger partial charge is 0.131 e. The van der Waals surface area contributed by atoms with Gasteiger partial charge in [-0.15, -0.1) is 0 Å². The van der Waals surface area contributed by atoms with E-state index in [1.165, 1.54) is 0 Å². The normalized spacial score (nSPS) is 26.3. The highest BCUT2D eigenvalue weighted by Crippen LogP contribution is 2.25. The number of piperidine rings is 1. The van der Waals surface area contributed by atoms with Crippen molar-refractivity contribution in [2.45, 2.75) is 31.5 Å². The van der Waals surface area contributed by atoms with E-state index in [4.69, 9.17) is 14.9 Å². The van der Waals surface area contributed by atoms with E-state index in [9.17, 15) is 0 Å². The van der Waals surface area contributed by atoms with Crippen molar-refractivity contribution in [3.63, 3.8) is 0 Å². The lowest BCUT2D eigenvalue weighted by Crippen LogP contribution is -2.47. The summed E-state index contributed by atoms with van der Waals surface area (Å²) in [5.74, 6) is 0.972. The molecule has 0 aliphatic carbocycles. The number of nitrogens with two attached hydrogens (primary N) is 1. The minimum Gasteiger partial charge on any atom is -0.467 e. The summed E-state index contributed by atoms with van der Waals surface area (Å²) < 4.78 is 11.9. The third-order valence-electron chi connectivity index (χ3n) is 3.43. The van der Waals surface area contributed by atoms with E-state index in [0.717, 1.165) is 36.2 Å². The van der Waals surface area contributed by atoms with E-state index in [1.54, 1.807) is 13.4 Å². The van der Waals surface area contributed by atoms with Gasteiger partial charge >= 0.3 is 0 Å². The molecule has 0 aromatic carbocycles. The maximum atomic E-state index is 5.84. The first-order valence-electron chi connectivity index (χ1n) is 5.93. The monoisotopic (exact) mass is 302 g/mol. The Kier molecular flexibility index (Phi) is 4.62. The standard InChI is InChI=1S/C12H19BrN2O2/c1-16-10-2-4-15(9(6-10)7-14)8-12-11(13)3-5-17-12/h3,5,9-10H,2,4,6-8,14H2,1H3. The Hall–Kier alpha value is -0.360. The fourth-order valence-electron chi connectivity index (χ4n) is 2.35. The largest absolute Gasteiger partial charge is 0.467 e. The Morgan fingerprint density at radius 1 is 1.65 bits per heavy atom. The maximum absolute atomic E-state index is 5.84. The van der Waals surface area contributed by atoms with Crippen molar-refractivity contribution < 1.29 is 9.15 Å².